The lowest BCUT2D eigenvalue weighted by Gasteiger charge is -2.19. The molecule has 1 heterocycles. The minimum atomic E-state index is -0.342. The van der Waals surface area contributed by atoms with Crippen molar-refractivity contribution in [3.05, 3.63) is 71.8 Å². The smallest absolute Gasteiger partial charge is 0.337 e. The van der Waals surface area contributed by atoms with Gasteiger partial charge in [-0.25, -0.2) is 9.79 Å². The number of rotatable bonds is 2. The molecule has 0 saturated heterocycles. The van der Waals surface area contributed by atoms with Crippen molar-refractivity contribution in [1.82, 2.24) is 0 Å². The lowest BCUT2D eigenvalue weighted by atomic mass is 10.0. The highest BCUT2D eigenvalue weighted by Crippen LogP contribution is 2.36. The molecular weight excluding hydrogens is 288 g/mol. The monoisotopic (exact) mass is 302 g/mol. The van der Waals surface area contributed by atoms with Gasteiger partial charge in [-0.3, -0.25) is 0 Å². The lowest BCUT2D eigenvalue weighted by molar-refractivity contribution is 0.0600. The number of methoxy groups -OCH3 is 1. The highest BCUT2D eigenvalue weighted by atomic mass is 16.5. The normalized spacial score (nSPS) is 12.5. The van der Waals surface area contributed by atoms with E-state index < -0.39 is 0 Å². The van der Waals surface area contributed by atoms with Crippen molar-refractivity contribution < 1.29 is 9.53 Å². The first-order chi connectivity index (χ1) is 11.3. The van der Waals surface area contributed by atoms with E-state index in [1.54, 1.807) is 12.1 Å². The zero-order valence-electron chi connectivity index (χ0n) is 12.5. The molecular formula is C19H14N2O2. The maximum absolute atomic E-state index is 11.5. The minimum Gasteiger partial charge on any atom is -0.465 e. The second kappa shape index (κ2) is 5.25. The Labute approximate surface area is 133 Å². The van der Waals surface area contributed by atoms with Crippen LogP contribution in [0.2, 0.25) is 0 Å². The Balaban J connectivity index is 1.78. The summed E-state index contributed by atoms with van der Waals surface area (Å²) in [5.74, 6) is 0.429. The highest BCUT2D eigenvalue weighted by molar-refractivity contribution is 6.19. The van der Waals surface area contributed by atoms with Crippen LogP contribution in [0, 0.1) is 0 Å². The third-order valence-electron chi connectivity index (χ3n) is 3.95. The molecule has 1 N–H and O–H groups in total. The molecule has 0 fully saturated rings. The molecule has 0 saturated carbocycles. The van der Waals surface area contributed by atoms with Crippen LogP contribution < -0.4 is 5.32 Å². The van der Waals surface area contributed by atoms with Gasteiger partial charge < -0.3 is 10.1 Å². The first-order valence-electron chi connectivity index (χ1n) is 7.32. The fraction of sp³-hybridized carbons (Fsp3) is 0.0526. The SMILES string of the molecule is COC(=O)c1ccc(C2=Nc3cccc4cccc(c34)N2)cc1. The Morgan fingerprint density at radius 1 is 1.00 bits per heavy atom. The van der Waals surface area contributed by atoms with E-state index in [1.807, 2.05) is 36.4 Å². The van der Waals surface area contributed by atoms with E-state index in [2.05, 4.69) is 17.4 Å². The molecule has 1 aliphatic heterocycles. The van der Waals surface area contributed by atoms with Gasteiger partial charge >= 0.3 is 5.97 Å². The van der Waals surface area contributed by atoms with Crippen LogP contribution in [0.4, 0.5) is 11.4 Å². The number of benzene rings is 3. The summed E-state index contributed by atoms with van der Waals surface area (Å²) in [6.45, 7) is 0. The Morgan fingerprint density at radius 2 is 1.74 bits per heavy atom. The predicted molar refractivity (Wildman–Crippen MR) is 91.5 cm³/mol. The molecule has 0 aliphatic carbocycles. The average molecular weight is 302 g/mol. The summed E-state index contributed by atoms with van der Waals surface area (Å²) < 4.78 is 4.72. The van der Waals surface area contributed by atoms with Crippen molar-refractivity contribution in [2.45, 2.75) is 0 Å². The van der Waals surface area contributed by atoms with Crippen molar-refractivity contribution in [3.63, 3.8) is 0 Å². The van der Waals surface area contributed by atoms with Gasteiger partial charge in [-0.2, -0.15) is 0 Å². The van der Waals surface area contributed by atoms with Gasteiger partial charge in [-0.15, -0.1) is 0 Å². The van der Waals surface area contributed by atoms with Crippen LogP contribution in [0.3, 0.4) is 0 Å². The van der Waals surface area contributed by atoms with Crippen LogP contribution in [0.1, 0.15) is 15.9 Å². The summed E-state index contributed by atoms with van der Waals surface area (Å²) in [4.78, 5) is 16.2. The number of hydrogen-bond donors (Lipinski definition) is 1. The topological polar surface area (TPSA) is 50.7 Å². The molecule has 0 amide bonds. The molecule has 23 heavy (non-hydrogen) atoms. The lowest BCUT2D eigenvalue weighted by Crippen LogP contribution is -2.16. The van der Waals surface area contributed by atoms with E-state index in [0.29, 0.717) is 5.56 Å². The Hall–Kier alpha value is -3.14. The average Bonchev–Trinajstić information content (AvgIpc) is 2.61. The van der Waals surface area contributed by atoms with Crippen molar-refractivity contribution in [2.75, 3.05) is 12.4 Å². The summed E-state index contributed by atoms with van der Waals surface area (Å²) in [6.07, 6.45) is 0. The molecule has 4 heteroatoms. The molecule has 0 unspecified atom stereocenters. The van der Waals surface area contributed by atoms with Crippen molar-refractivity contribution in [2.24, 2.45) is 4.99 Å². The molecule has 0 radical (unpaired) electrons. The van der Waals surface area contributed by atoms with Gasteiger partial charge in [0.15, 0.2) is 0 Å². The van der Waals surface area contributed by atoms with Crippen LogP contribution in [0.25, 0.3) is 10.8 Å². The van der Waals surface area contributed by atoms with Gasteiger partial charge in [0.25, 0.3) is 0 Å². The number of aliphatic imine (C=N–C) groups is 1. The second-order valence-electron chi connectivity index (χ2n) is 5.34. The molecule has 112 valence electrons. The van der Waals surface area contributed by atoms with Crippen LogP contribution in [0.15, 0.2) is 65.7 Å². The van der Waals surface area contributed by atoms with E-state index in [-0.39, 0.29) is 5.97 Å². The Bertz CT molecular complexity index is 938. The summed E-state index contributed by atoms with van der Waals surface area (Å²) in [6, 6.07) is 19.5. The maximum atomic E-state index is 11.5. The van der Waals surface area contributed by atoms with Gasteiger partial charge in [0.1, 0.15) is 5.84 Å². The number of carbonyl (C=O) groups is 1. The number of amidine groups is 1. The van der Waals surface area contributed by atoms with E-state index >= 15 is 0 Å². The Morgan fingerprint density at radius 3 is 2.48 bits per heavy atom. The molecule has 3 aromatic rings. The molecule has 4 nitrogen and oxygen atoms in total. The number of anilines is 1. The quantitative estimate of drug-likeness (QED) is 0.724. The van der Waals surface area contributed by atoms with Gasteiger partial charge in [0, 0.05) is 16.6 Å². The van der Waals surface area contributed by atoms with E-state index in [9.17, 15) is 4.79 Å². The largest absolute Gasteiger partial charge is 0.465 e. The number of carbonyl (C=O) groups excluding carboxylic acids is 1. The number of hydrogen-bond acceptors (Lipinski definition) is 4. The molecule has 0 atom stereocenters. The van der Waals surface area contributed by atoms with Crippen LogP contribution in [0.5, 0.6) is 0 Å². The zero-order valence-corrected chi connectivity index (χ0v) is 12.5. The van der Waals surface area contributed by atoms with Gasteiger partial charge in [-0.1, -0.05) is 36.4 Å². The number of nitrogens with zero attached hydrogens (tertiary/aromatic N) is 1. The van der Waals surface area contributed by atoms with Crippen LogP contribution in [-0.2, 0) is 4.74 Å². The van der Waals surface area contributed by atoms with Crippen molar-refractivity contribution in [1.29, 1.82) is 0 Å². The summed E-state index contributed by atoms with van der Waals surface area (Å²) in [7, 11) is 1.38. The third kappa shape index (κ3) is 2.25. The molecule has 0 aromatic heterocycles. The molecule has 4 rings (SSSR count). The fourth-order valence-corrected chi connectivity index (χ4v) is 2.81. The van der Waals surface area contributed by atoms with E-state index in [1.165, 1.54) is 7.11 Å². The number of ether oxygens (including phenoxy) is 1. The second-order valence-corrected chi connectivity index (χ2v) is 5.34. The maximum Gasteiger partial charge on any atom is 0.337 e. The zero-order chi connectivity index (χ0) is 15.8. The first kappa shape index (κ1) is 13.5. The predicted octanol–water partition coefficient (Wildman–Crippen LogP) is 4.13. The number of esters is 1. The molecule has 1 aliphatic rings. The molecule has 3 aromatic carbocycles. The minimum absolute atomic E-state index is 0.342. The van der Waals surface area contributed by atoms with Crippen LogP contribution in [-0.4, -0.2) is 18.9 Å². The van der Waals surface area contributed by atoms with Crippen molar-refractivity contribution >= 4 is 34.0 Å². The van der Waals surface area contributed by atoms with Gasteiger partial charge in [-0.05, 0) is 29.7 Å². The van der Waals surface area contributed by atoms with E-state index in [4.69, 9.17) is 9.73 Å². The fourth-order valence-electron chi connectivity index (χ4n) is 2.81. The summed E-state index contributed by atoms with van der Waals surface area (Å²) in [5.41, 5.74) is 3.43. The molecule has 0 spiro atoms. The standard InChI is InChI=1S/C19H14N2O2/c1-23-19(22)14-10-8-13(9-11-14)18-20-15-6-2-4-12-5-3-7-16(21-18)17(12)15/h2-11H,1H3,(H,20,21). The summed E-state index contributed by atoms with van der Waals surface area (Å²) >= 11 is 0. The number of nitrogens with one attached hydrogen (secondary N) is 1. The van der Waals surface area contributed by atoms with Crippen LogP contribution >= 0.6 is 0 Å². The Kier molecular flexibility index (Phi) is 3.08. The van der Waals surface area contributed by atoms with Crippen molar-refractivity contribution in [3.8, 4) is 0 Å². The summed E-state index contributed by atoms with van der Waals surface area (Å²) in [5, 5.41) is 5.67. The first-order valence-corrected chi connectivity index (χ1v) is 7.32. The highest BCUT2D eigenvalue weighted by Gasteiger charge is 2.15. The van der Waals surface area contributed by atoms with E-state index in [0.717, 1.165) is 33.5 Å². The van der Waals surface area contributed by atoms with Gasteiger partial charge in [0.2, 0.25) is 0 Å². The molecule has 0 bridgehead atoms. The van der Waals surface area contributed by atoms with Gasteiger partial charge in [0.05, 0.1) is 18.4 Å². The third-order valence-corrected chi connectivity index (χ3v) is 3.95.